The number of aromatic nitrogens is 3. The number of ether oxygens (including phenoxy) is 2. The molecule has 0 unspecified atom stereocenters. The molecular weight excluding hydrogens is 650 g/mol. The number of piperidine rings is 1. The van der Waals surface area contributed by atoms with E-state index in [9.17, 15) is 22.4 Å². The molecule has 0 saturated carbocycles. The van der Waals surface area contributed by atoms with Crippen LogP contribution in [-0.2, 0) is 9.53 Å². The highest BCUT2D eigenvalue weighted by Gasteiger charge is 2.33. The van der Waals surface area contributed by atoms with E-state index in [1.54, 1.807) is 93.2 Å². The normalized spacial score (nSPS) is 21.0. The maximum absolute atomic E-state index is 14.8. The number of fused-ring (bicyclic) bond motifs is 1. The quantitative estimate of drug-likeness (QED) is 0.0976. The summed E-state index contributed by atoms with van der Waals surface area (Å²) in [6.07, 6.45) is 1.46. The van der Waals surface area contributed by atoms with Gasteiger partial charge in [-0.05, 0) is 72.7 Å². The number of hydrogen-bond acceptors (Lipinski definition) is 6. The van der Waals surface area contributed by atoms with E-state index in [1.165, 1.54) is 9.58 Å². The van der Waals surface area contributed by atoms with E-state index in [4.69, 9.17) is 9.47 Å². The molecule has 0 aliphatic carbocycles. The number of alkyl halides is 4. The lowest BCUT2D eigenvalue weighted by Crippen LogP contribution is -2.41. The smallest absolute Gasteiger partial charge is 0.393 e. The molecule has 50 heavy (non-hydrogen) atoms. The summed E-state index contributed by atoms with van der Waals surface area (Å²) in [6, 6.07) is 17.2. The number of hydrogen-bond donors (Lipinski definition) is 0. The number of nitrogens with zero attached hydrogens (tertiary/aromatic N) is 5. The molecule has 2 aromatic carbocycles. The van der Waals surface area contributed by atoms with Crippen molar-refractivity contribution in [2.75, 3.05) is 40.3 Å². The molecule has 8 nitrogen and oxygen atoms in total. The van der Waals surface area contributed by atoms with Crippen LogP contribution in [0.2, 0.25) is 0 Å². The second kappa shape index (κ2) is 15.6. The van der Waals surface area contributed by atoms with Gasteiger partial charge in [-0.15, -0.1) is 0 Å². The molecule has 12 heteroatoms. The monoisotopic (exact) mass is 691 g/mol. The maximum atomic E-state index is 14.8. The minimum Gasteiger partial charge on any atom is -0.473 e. The van der Waals surface area contributed by atoms with Gasteiger partial charge in [-0.2, -0.15) is 18.3 Å². The Labute approximate surface area is 289 Å². The van der Waals surface area contributed by atoms with Crippen LogP contribution in [0.1, 0.15) is 55.0 Å². The van der Waals surface area contributed by atoms with Crippen molar-refractivity contribution in [1.29, 1.82) is 0 Å². The first-order valence-corrected chi connectivity index (χ1v) is 16.9. The minimum absolute atomic E-state index is 0.0721. The highest BCUT2D eigenvalue weighted by molar-refractivity contribution is 6.00. The zero-order valence-corrected chi connectivity index (χ0v) is 28.2. The molecule has 1 amide bonds. The second-order valence-electron chi connectivity index (χ2n) is 13.0. The lowest BCUT2D eigenvalue weighted by atomic mass is 9.88. The number of allylic oxidation sites excluding steroid dienone is 1. The van der Waals surface area contributed by atoms with E-state index < -0.39 is 25.0 Å². The highest BCUT2D eigenvalue weighted by atomic mass is 19.4. The third kappa shape index (κ3) is 8.59. The largest absolute Gasteiger partial charge is 0.473 e. The molecule has 4 heterocycles. The van der Waals surface area contributed by atoms with Crippen LogP contribution < -0.4 is 4.74 Å². The van der Waals surface area contributed by atoms with Crippen molar-refractivity contribution in [2.45, 2.75) is 56.8 Å². The summed E-state index contributed by atoms with van der Waals surface area (Å²) >= 11 is 0. The topological polar surface area (TPSA) is 72.7 Å². The van der Waals surface area contributed by atoms with Gasteiger partial charge in [0.15, 0.2) is 6.23 Å². The molecule has 2 aromatic heterocycles. The lowest BCUT2D eigenvalue weighted by molar-refractivity contribution is -0.124. The summed E-state index contributed by atoms with van der Waals surface area (Å²) in [6.45, 7) is 2.58. The average molecular weight is 692 g/mol. The number of amides is 1. The van der Waals surface area contributed by atoms with Crippen molar-refractivity contribution in [3.63, 3.8) is 0 Å². The van der Waals surface area contributed by atoms with Crippen LogP contribution in [0.4, 0.5) is 17.6 Å². The molecule has 3 atom stereocenters. The van der Waals surface area contributed by atoms with E-state index in [2.05, 4.69) is 15.0 Å². The van der Waals surface area contributed by atoms with Crippen LogP contribution in [0, 0.1) is 0 Å². The predicted molar refractivity (Wildman–Crippen MR) is 184 cm³/mol. The van der Waals surface area contributed by atoms with Gasteiger partial charge in [0.1, 0.15) is 12.3 Å². The molecule has 2 fully saturated rings. The molecule has 0 bridgehead atoms. The van der Waals surface area contributed by atoms with Gasteiger partial charge in [-0.1, -0.05) is 42.5 Å². The third-order valence-corrected chi connectivity index (χ3v) is 8.99. The van der Waals surface area contributed by atoms with Crippen molar-refractivity contribution < 1.29 is 31.8 Å². The van der Waals surface area contributed by atoms with Crippen molar-refractivity contribution in [2.24, 2.45) is 0 Å². The standard InChI is InChI=1S/C38H41F4N5O3/c1-45(2)35(48)13-7-19-46-18-6-11-30(25-46)50-34-17-15-28(23-43-34)36(31(22-38(40,41)42)26-9-4-3-5-10-26)27-14-16-33-29(21-27)24-44-47(33)37-32(39)12-8-20-49-37/h3-5,7,9-10,13-17,21,23-24,30,32,37H,6,8,11-12,18-20,22,25H2,1-2H3/b13-7+,36-31-/t30-,32-,37-/m1/s1. The Morgan fingerprint density at radius 2 is 1.82 bits per heavy atom. The highest BCUT2D eigenvalue weighted by Crippen LogP contribution is 2.40. The number of likely N-dealkylation sites (N-methyl/N-ethyl adjacent to an activating group) is 1. The Hall–Kier alpha value is -4.55. The Morgan fingerprint density at radius 3 is 2.54 bits per heavy atom. The van der Waals surface area contributed by atoms with Crippen LogP contribution in [0.5, 0.6) is 5.88 Å². The van der Waals surface area contributed by atoms with Crippen LogP contribution in [0.25, 0.3) is 22.0 Å². The molecule has 0 spiro atoms. The van der Waals surface area contributed by atoms with E-state index >= 15 is 0 Å². The van der Waals surface area contributed by atoms with Crippen LogP contribution >= 0.6 is 0 Å². The van der Waals surface area contributed by atoms with Gasteiger partial charge in [-0.25, -0.2) is 14.1 Å². The SMILES string of the molecule is CN(C)C(=O)/C=C/CN1CCC[C@@H](Oc2ccc(/C(=C(/CC(F)(F)F)c3ccccc3)c3ccc4c(cnn4[C@@H]4OCCC[C@H]4F)c3)cn2)C1. The second-order valence-corrected chi connectivity index (χ2v) is 13.0. The molecule has 2 aliphatic heterocycles. The van der Waals surface area contributed by atoms with Crippen molar-refractivity contribution in [3.8, 4) is 5.88 Å². The number of rotatable bonds is 10. The lowest BCUT2D eigenvalue weighted by Gasteiger charge is -2.31. The van der Waals surface area contributed by atoms with Gasteiger partial charge in [0, 0.05) is 63.1 Å². The number of halogens is 4. The van der Waals surface area contributed by atoms with E-state index in [-0.39, 0.29) is 17.6 Å². The summed E-state index contributed by atoms with van der Waals surface area (Å²) in [5, 5.41) is 5.06. The first-order chi connectivity index (χ1) is 24.1. The maximum Gasteiger partial charge on any atom is 0.393 e. The first kappa shape index (κ1) is 35.3. The van der Waals surface area contributed by atoms with E-state index in [0.29, 0.717) is 71.6 Å². The molecule has 0 N–H and O–H groups in total. The fraction of sp³-hybridized carbons (Fsp3) is 0.395. The van der Waals surface area contributed by atoms with Crippen LogP contribution in [0.15, 0.2) is 85.2 Å². The van der Waals surface area contributed by atoms with Crippen molar-refractivity contribution in [3.05, 3.63) is 102 Å². The van der Waals surface area contributed by atoms with Gasteiger partial charge < -0.3 is 14.4 Å². The fourth-order valence-corrected chi connectivity index (χ4v) is 6.55. The third-order valence-electron chi connectivity index (χ3n) is 8.99. The van der Waals surface area contributed by atoms with Crippen LogP contribution in [0.3, 0.4) is 0 Å². The number of carbonyl (C=O) groups excluding carboxylic acids is 1. The summed E-state index contributed by atoms with van der Waals surface area (Å²) < 4.78 is 70.9. The van der Waals surface area contributed by atoms with E-state index in [1.807, 2.05) is 6.08 Å². The Balaban J connectivity index is 1.31. The van der Waals surface area contributed by atoms with Gasteiger partial charge in [0.25, 0.3) is 0 Å². The average Bonchev–Trinajstić information content (AvgIpc) is 3.52. The molecule has 2 saturated heterocycles. The Kier molecular flexibility index (Phi) is 11.0. The summed E-state index contributed by atoms with van der Waals surface area (Å²) in [7, 11) is 3.41. The zero-order chi connectivity index (χ0) is 35.3. The summed E-state index contributed by atoms with van der Waals surface area (Å²) in [4.78, 5) is 20.2. The first-order valence-electron chi connectivity index (χ1n) is 16.9. The number of likely N-dealkylation sites (tertiary alicyclic amines) is 1. The molecule has 6 rings (SSSR count). The minimum atomic E-state index is -4.49. The van der Waals surface area contributed by atoms with Gasteiger partial charge in [0.2, 0.25) is 11.8 Å². The van der Waals surface area contributed by atoms with Gasteiger partial charge in [0.05, 0.1) is 18.1 Å². The number of pyridine rings is 1. The van der Waals surface area contributed by atoms with E-state index in [0.717, 1.165) is 19.4 Å². The van der Waals surface area contributed by atoms with Gasteiger partial charge >= 0.3 is 6.18 Å². The fourth-order valence-electron chi connectivity index (χ4n) is 6.55. The predicted octanol–water partition coefficient (Wildman–Crippen LogP) is 7.48. The van der Waals surface area contributed by atoms with Crippen molar-refractivity contribution >= 4 is 28.0 Å². The summed E-state index contributed by atoms with van der Waals surface area (Å²) in [5.74, 6) is 0.303. The molecule has 4 aromatic rings. The number of benzene rings is 2. The summed E-state index contributed by atoms with van der Waals surface area (Å²) in [5.41, 5.74) is 2.58. The van der Waals surface area contributed by atoms with Gasteiger partial charge in [-0.3, -0.25) is 9.69 Å². The molecule has 264 valence electrons. The number of carbonyl (C=O) groups is 1. The Bertz CT molecular complexity index is 1820. The van der Waals surface area contributed by atoms with Crippen LogP contribution in [-0.4, -0.2) is 89.3 Å². The van der Waals surface area contributed by atoms with Crippen molar-refractivity contribution in [1.82, 2.24) is 24.6 Å². The Morgan fingerprint density at radius 1 is 1.02 bits per heavy atom. The molecular formula is C38H41F4N5O3. The zero-order valence-electron chi connectivity index (χ0n) is 28.2. The molecule has 2 aliphatic rings. The molecule has 0 radical (unpaired) electrons.